The summed E-state index contributed by atoms with van der Waals surface area (Å²) in [4.78, 5) is 11.5. The van der Waals surface area contributed by atoms with Crippen molar-refractivity contribution in [2.45, 2.75) is 12.6 Å². The van der Waals surface area contributed by atoms with Crippen molar-refractivity contribution in [2.24, 2.45) is 12.8 Å². The lowest BCUT2D eigenvalue weighted by molar-refractivity contribution is 0.508. The van der Waals surface area contributed by atoms with Crippen LogP contribution in [-0.4, -0.2) is 14.3 Å². The van der Waals surface area contributed by atoms with E-state index in [0.717, 1.165) is 5.56 Å². The minimum Gasteiger partial charge on any atom is -0.322 e. The van der Waals surface area contributed by atoms with E-state index < -0.39 is 0 Å². The van der Waals surface area contributed by atoms with Crippen molar-refractivity contribution in [3.8, 4) is 0 Å². The van der Waals surface area contributed by atoms with E-state index >= 15 is 0 Å². The van der Waals surface area contributed by atoms with Crippen LogP contribution in [0.25, 0.3) is 0 Å². The second-order valence-electron chi connectivity index (χ2n) is 3.72. The molecule has 5 heteroatoms. The first kappa shape index (κ1) is 10.6. The molecule has 0 amide bonds. The van der Waals surface area contributed by atoms with Crippen molar-refractivity contribution in [1.29, 1.82) is 0 Å². The molecule has 1 aromatic carbocycles. The molecule has 16 heavy (non-hydrogen) atoms. The summed E-state index contributed by atoms with van der Waals surface area (Å²) in [6.45, 7) is 0.393. The molecule has 1 heterocycles. The average Bonchev–Trinajstić information content (AvgIpc) is 2.62. The fraction of sp³-hybridized carbons (Fsp3) is 0.273. The van der Waals surface area contributed by atoms with Crippen molar-refractivity contribution < 1.29 is 0 Å². The largest absolute Gasteiger partial charge is 0.345 e. The molecule has 0 bridgehead atoms. The summed E-state index contributed by atoms with van der Waals surface area (Å²) in [7, 11) is 1.67. The molecule has 2 rings (SSSR count). The maximum atomic E-state index is 11.5. The highest BCUT2D eigenvalue weighted by molar-refractivity contribution is 5.18. The highest BCUT2D eigenvalue weighted by Gasteiger charge is 2.09. The number of aromatic nitrogens is 3. The molecule has 2 aromatic rings. The minimum absolute atomic E-state index is 0.147. The zero-order chi connectivity index (χ0) is 11.5. The first-order valence-corrected chi connectivity index (χ1v) is 5.07. The van der Waals surface area contributed by atoms with Crippen molar-refractivity contribution in [3.63, 3.8) is 0 Å². The van der Waals surface area contributed by atoms with Crippen LogP contribution in [0.2, 0.25) is 0 Å². The number of aryl methyl sites for hydroxylation is 1. The monoisotopic (exact) mass is 218 g/mol. The summed E-state index contributed by atoms with van der Waals surface area (Å²) >= 11 is 0. The molecule has 0 aliphatic carbocycles. The van der Waals surface area contributed by atoms with Crippen LogP contribution in [0.4, 0.5) is 0 Å². The smallest absolute Gasteiger partial charge is 0.322 e. The van der Waals surface area contributed by atoms with Gasteiger partial charge in [-0.05, 0) is 5.56 Å². The summed E-state index contributed by atoms with van der Waals surface area (Å²) in [6, 6.07) is 9.46. The third kappa shape index (κ3) is 2.04. The molecular weight excluding hydrogens is 204 g/mol. The van der Waals surface area contributed by atoms with Crippen LogP contribution in [0.5, 0.6) is 0 Å². The van der Waals surface area contributed by atoms with Gasteiger partial charge in [-0.1, -0.05) is 30.3 Å². The Kier molecular flexibility index (Phi) is 2.87. The Morgan fingerprint density at radius 3 is 2.62 bits per heavy atom. The summed E-state index contributed by atoms with van der Waals surface area (Å²) < 4.78 is 2.80. The van der Waals surface area contributed by atoms with Gasteiger partial charge in [-0.25, -0.2) is 9.48 Å². The first-order chi connectivity index (χ1) is 7.68. The topological polar surface area (TPSA) is 65.8 Å². The summed E-state index contributed by atoms with van der Waals surface area (Å²) in [5, 5.41) is 3.97. The van der Waals surface area contributed by atoms with E-state index in [0.29, 0.717) is 6.54 Å². The number of benzene rings is 1. The molecule has 0 saturated carbocycles. The lowest BCUT2D eigenvalue weighted by Crippen LogP contribution is -2.28. The van der Waals surface area contributed by atoms with Gasteiger partial charge in [-0.2, -0.15) is 5.10 Å². The van der Waals surface area contributed by atoms with Crippen molar-refractivity contribution in [1.82, 2.24) is 14.3 Å². The van der Waals surface area contributed by atoms with Gasteiger partial charge < -0.3 is 5.73 Å². The van der Waals surface area contributed by atoms with Gasteiger partial charge in [0.15, 0.2) is 0 Å². The number of nitrogens with two attached hydrogens (primary N) is 1. The SMILES string of the molecule is Cn1cnn(CC(N)c2ccccc2)c1=O. The third-order valence-corrected chi connectivity index (χ3v) is 2.48. The summed E-state index contributed by atoms with van der Waals surface area (Å²) in [5.74, 6) is 0. The second-order valence-corrected chi connectivity index (χ2v) is 3.72. The van der Waals surface area contributed by atoms with Crippen LogP contribution in [0.15, 0.2) is 41.5 Å². The Morgan fingerprint density at radius 2 is 2.06 bits per heavy atom. The van der Waals surface area contributed by atoms with E-state index in [1.54, 1.807) is 7.05 Å². The van der Waals surface area contributed by atoms with Gasteiger partial charge in [0, 0.05) is 13.1 Å². The van der Waals surface area contributed by atoms with Gasteiger partial charge >= 0.3 is 5.69 Å². The van der Waals surface area contributed by atoms with Crippen molar-refractivity contribution in [3.05, 3.63) is 52.7 Å². The zero-order valence-corrected chi connectivity index (χ0v) is 9.08. The number of hydrogen-bond donors (Lipinski definition) is 1. The van der Waals surface area contributed by atoms with E-state index in [9.17, 15) is 4.79 Å². The fourth-order valence-electron chi connectivity index (χ4n) is 1.54. The molecule has 2 N–H and O–H groups in total. The highest BCUT2D eigenvalue weighted by atomic mass is 16.2. The van der Waals surface area contributed by atoms with Crippen LogP contribution in [0, 0.1) is 0 Å². The van der Waals surface area contributed by atoms with Crippen LogP contribution >= 0.6 is 0 Å². The first-order valence-electron chi connectivity index (χ1n) is 5.07. The van der Waals surface area contributed by atoms with Gasteiger partial charge in [-0.15, -0.1) is 0 Å². The number of hydrogen-bond acceptors (Lipinski definition) is 3. The molecule has 0 saturated heterocycles. The quantitative estimate of drug-likeness (QED) is 0.804. The summed E-state index contributed by atoms with van der Waals surface area (Å²) in [6.07, 6.45) is 1.49. The van der Waals surface area contributed by atoms with E-state index in [2.05, 4.69) is 5.10 Å². The van der Waals surface area contributed by atoms with Gasteiger partial charge in [0.2, 0.25) is 0 Å². The highest BCUT2D eigenvalue weighted by Crippen LogP contribution is 2.10. The Morgan fingerprint density at radius 1 is 1.38 bits per heavy atom. The lowest BCUT2D eigenvalue weighted by atomic mass is 10.1. The van der Waals surface area contributed by atoms with E-state index in [1.165, 1.54) is 15.6 Å². The molecule has 0 aliphatic rings. The fourth-order valence-corrected chi connectivity index (χ4v) is 1.54. The van der Waals surface area contributed by atoms with E-state index in [1.807, 2.05) is 30.3 Å². The van der Waals surface area contributed by atoms with Gasteiger partial charge in [0.25, 0.3) is 0 Å². The Bertz CT molecular complexity index is 514. The van der Waals surface area contributed by atoms with E-state index in [-0.39, 0.29) is 11.7 Å². The van der Waals surface area contributed by atoms with Gasteiger partial charge in [0.1, 0.15) is 6.33 Å². The predicted molar refractivity (Wildman–Crippen MR) is 60.8 cm³/mol. The number of nitrogens with zero attached hydrogens (tertiary/aromatic N) is 3. The van der Waals surface area contributed by atoms with Crippen molar-refractivity contribution >= 4 is 0 Å². The molecule has 84 valence electrons. The molecule has 1 atom stereocenters. The molecule has 0 spiro atoms. The molecular formula is C11H14N4O. The maximum absolute atomic E-state index is 11.5. The van der Waals surface area contributed by atoms with Crippen LogP contribution in [0.1, 0.15) is 11.6 Å². The molecule has 0 fully saturated rings. The van der Waals surface area contributed by atoms with E-state index in [4.69, 9.17) is 5.73 Å². The Labute approximate surface area is 93.1 Å². The predicted octanol–water partition coefficient (Wildman–Crippen LogP) is 0.282. The Hall–Kier alpha value is -1.88. The second kappa shape index (κ2) is 4.32. The van der Waals surface area contributed by atoms with Crippen LogP contribution in [-0.2, 0) is 13.6 Å². The van der Waals surface area contributed by atoms with Crippen LogP contribution in [0.3, 0.4) is 0 Å². The molecule has 1 aromatic heterocycles. The summed E-state index contributed by atoms with van der Waals surface area (Å²) in [5.41, 5.74) is 6.85. The maximum Gasteiger partial charge on any atom is 0.345 e. The normalized spacial score (nSPS) is 12.6. The number of rotatable bonds is 3. The Balaban J connectivity index is 2.17. The average molecular weight is 218 g/mol. The molecule has 0 radical (unpaired) electrons. The standard InChI is InChI=1S/C11H14N4O/c1-14-8-13-15(11(14)16)7-10(12)9-5-3-2-4-6-9/h2-6,8,10H,7,12H2,1H3. The molecule has 0 aliphatic heterocycles. The van der Waals surface area contributed by atoms with Crippen LogP contribution < -0.4 is 11.4 Å². The molecule has 1 unspecified atom stereocenters. The van der Waals surface area contributed by atoms with Gasteiger partial charge in [-0.3, -0.25) is 4.57 Å². The third-order valence-electron chi connectivity index (χ3n) is 2.48. The lowest BCUT2D eigenvalue weighted by Gasteiger charge is -2.10. The van der Waals surface area contributed by atoms with Gasteiger partial charge in [0.05, 0.1) is 6.54 Å². The molecule has 5 nitrogen and oxygen atoms in total. The zero-order valence-electron chi connectivity index (χ0n) is 9.08. The minimum atomic E-state index is -0.214. The van der Waals surface area contributed by atoms with Crippen molar-refractivity contribution in [2.75, 3.05) is 0 Å².